The summed E-state index contributed by atoms with van der Waals surface area (Å²) < 4.78 is 12.8. The first-order chi connectivity index (χ1) is 9.90. The van der Waals surface area contributed by atoms with Gasteiger partial charge in [0.05, 0.1) is 6.54 Å². The third-order valence-electron chi connectivity index (χ3n) is 3.02. The van der Waals surface area contributed by atoms with Crippen LogP contribution in [0.2, 0.25) is 0 Å². The fraction of sp³-hybridized carbons (Fsp3) is 0.467. The number of imide groups is 1. The van der Waals surface area contributed by atoms with E-state index >= 15 is 0 Å². The average Bonchev–Trinajstić information content (AvgIpc) is 2.40. The van der Waals surface area contributed by atoms with Gasteiger partial charge >= 0.3 is 6.03 Å². The Balaban J connectivity index is 2.36. The summed E-state index contributed by atoms with van der Waals surface area (Å²) in [6.45, 7) is 4.40. The largest absolute Gasteiger partial charge is 0.335 e. The molecule has 1 rings (SSSR count). The van der Waals surface area contributed by atoms with Crippen molar-refractivity contribution < 1.29 is 14.0 Å². The summed E-state index contributed by atoms with van der Waals surface area (Å²) in [5.41, 5.74) is 0.899. The van der Waals surface area contributed by atoms with Crippen molar-refractivity contribution in [2.24, 2.45) is 0 Å². The summed E-state index contributed by atoms with van der Waals surface area (Å²) in [6.07, 6.45) is 0.798. The van der Waals surface area contributed by atoms with E-state index in [0.717, 1.165) is 12.0 Å². The number of nitrogens with one attached hydrogen (secondary N) is 2. The minimum Gasteiger partial charge on any atom is -0.335 e. The number of hydrogen-bond donors (Lipinski definition) is 2. The van der Waals surface area contributed by atoms with Gasteiger partial charge < -0.3 is 5.32 Å². The molecule has 0 aliphatic carbocycles. The number of urea groups is 1. The molecule has 0 aliphatic rings. The fourth-order valence-corrected chi connectivity index (χ4v) is 1.73. The van der Waals surface area contributed by atoms with Crippen molar-refractivity contribution in [3.8, 4) is 0 Å². The number of nitrogens with zero attached hydrogens (tertiary/aromatic N) is 1. The minimum atomic E-state index is -0.482. The summed E-state index contributed by atoms with van der Waals surface area (Å²) in [5.74, 6) is -0.665. The highest BCUT2D eigenvalue weighted by molar-refractivity contribution is 5.95. The molecule has 0 saturated heterocycles. The molecule has 6 heteroatoms. The van der Waals surface area contributed by atoms with Gasteiger partial charge in [0, 0.05) is 12.6 Å². The molecule has 116 valence electrons. The molecular weight excluding hydrogens is 273 g/mol. The van der Waals surface area contributed by atoms with E-state index in [4.69, 9.17) is 0 Å². The molecule has 0 aliphatic heterocycles. The molecular formula is C15H22FN3O2. The molecule has 0 spiro atoms. The Kier molecular flexibility index (Phi) is 6.81. The number of carbonyl (C=O) groups is 2. The second-order valence-corrected chi connectivity index (χ2v) is 5.13. The molecule has 0 bridgehead atoms. The topological polar surface area (TPSA) is 61.4 Å². The lowest BCUT2D eigenvalue weighted by Crippen LogP contribution is -2.46. The van der Waals surface area contributed by atoms with E-state index < -0.39 is 6.03 Å². The summed E-state index contributed by atoms with van der Waals surface area (Å²) in [4.78, 5) is 25.0. The third-order valence-corrected chi connectivity index (χ3v) is 3.02. The lowest BCUT2D eigenvalue weighted by molar-refractivity contribution is -0.121. The zero-order valence-electron chi connectivity index (χ0n) is 12.6. The van der Waals surface area contributed by atoms with Gasteiger partial charge in [-0.05, 0) is 38.1 Å². The molecule has 0 saturated carbocycles. The van der Waals surface area contributed by atoms with Gasteiger partial charge in [0.15, 0.2) is 0 Å². The predicted octanol–water partition coefficient (Wildman–Crippen LogP) is 1.88. The van der Waals surface area contributed by atoms with Crippen LogP contribution in [0.3, 0.4) is 0 Å². The van der Waals surface area contributed by atoms with Crippen LogP contribution < -0.4 is 10.6 Å². The van der Waals surface area contributed by atoms with E-state index in [1.165, 1.54) is 12.1 Å². The Morgan fingerprint density at radius 3 is 2.48 bits per heavy atom. The van der Waals surface area contributed by atoms with Crippen molar-refractivity contribution >= 4 is 11.9 Å². The minimum absolute atomic E-state index is 0.0229. The molecule has 0 unspecified atom stereocenters. The van der Waals surface area contributed by atoms with E-state index in [9.17, 15) is 14.0 Å². The molecule has 2 N–H and O–H groups in total. The van der Waals surface area contributed by atoms with Gasteiger partial charge in [-0.3, -0.25) is 15.0 Å². The standard InChI is InChI=1S/C15H22FN3O2/c1-4-11(2)17-15(21)18-14(20)10-19(3)9-12-5-7-13(16)8-6-12/h5-8,11H,4,9-10H2,1-3H3,(H2,17,18,20,21)/t11-/m0/s1. The second kappa shape index (κ2) is 8.36. The van der Waals surface area contributed by atoms with Crippen LogP contribution in [0.5, 0.6) is 0 Å². The van der Waals surface area contributed by atoms with Crippen LogP contribution in [0.1, 0.15) is 25.8 Å². The van der Waals surface area contributed by atoms with E-state index in [-0.39, 0.29) is 24.3 Å². The van der Waals surface area contributed by atoms with Crippen LogP contribution in [0, 0.1) is 5.82 Å². The third kappa shape index (κ3) is 6.85. The molecule has 21 heavy (non-hydrogen) atoms. The van der Waals surface area contributed by atoms with Crippen molar-refractivity contribution in [3.63, 3.8) is 0 Å². The lowest BCUT2D eigenvalue weighted by Gasteiger charge is -2.17. The average molecular weight is 295 g/mol. The normalized spacial score (nSPS) is 12.0. The lowest BCUT2D eigenvalue weighted by atomic mass is 10.2. The maximum Gasteiger partial charge on any atom is 0.321 e. The van der Waals surface area contributed by atoms with E-state index in [2.05, 4.69) is 10.6 Å². The summed E-state index contributed by atoms with van der Waals surface area (Å²) in [5, 5.41) is 4.94. The Bertz CT molecular complexity index is 476. The number of likely N-dealkylation sites (N-methyl/N-ethyl adjacent to an activating group) is 1. The molecule has 1 atom stereocenters. The number of rotatable bonds is 6. The Morgan fingerprint density at radius 2 is 1.90 bits per heavy atom. The Hall–Kier alpha value is -1.95. The second-order valence-electron chi connectivity index (χ2n) is 5.13. The van der Waals surface area contributed by atoms with Crippen molar-refractivity contribution in [2.75, 3.05) is 13.6 Å². The maximum absolute atomic E-state index is 12.8. The smallest absolute Gasteiger partial charge is 0.321 e. The van der Waals surface area contributed by atoms with Crippen LogP contribution in [0.25, 0.3) is 0 Å². The van der Waals surface area contributed by atoms with E-state index in [1.54, 1.807) is 24.1 Å². The predicted molar refractivity (Wildman–Crippen MR) is 79.2 cm³/mol. The number of carbonyl (C=O) groups excluding carboxylic acids is 2. The number of halogens is 1. The van der Waals surface area contributed by atoms with Gasteiger partial charge in [0.1, 0.15) is 5.82 Å². The van der Waals surface area contributed by atoms with Crippen molar-refractivity contribution in [2.45, 2.75) is 32.9 Å². The molecule has 0 radical (unpaired) electrons. The van der Waals surface area contributed by atoms with Gasteiger partial charge in [-0.2, -0.15) is 0 Å². The number of hydrogen-bond acceptors (Lipinski definition) is 3. The highest BCUT2D eigenvalue weighted by Crippen LogP contribution is 2.05. The summed E-state index contributed by atoms with van der Waals surface area (Å²) in [6, 6.07) is 5.63. The van der Waals surface area contributed by atoms with Crippen LogP contribution in [0.4, 0.5) is 9.18 Å². The van der Waals surface area contributed by atoms with Crippen LogP contribution in [-0.2, 0) is 11.3 Å². The van der Waals surface area contributed by atoms with Gasteiger partial charge in [-0.25, -0.2) is 9.18 Å². The molecule has 1 aromatic carbocycles. The maximum atomic E-state index is 12.8. The first-order valence-corrected chi connectivity index (χ1v) is 6.94. The SMILES string of the molecule is CC[C@H](C)NC(=O)NC(=O)CN(C)Cc1ccc(F)cc1. The fourth-order valence-electron chi connectivity index (χ4n) is 1.73. The van der Waals surface area contributed by atoms with Crippen LogP contribution >= 0.6 is 0 Å². The van der Waals surface area contributed by atoms with Gasteiger partial charge in [-0.15, -0.1) is 0 Å². The van der Waals surface area contributed by atoms with Crippen molar-refractivity contribution in [1.29, 1.82) is 0 Å². The number of benzene rings is 1. The first-order valence-electron chi connectivity index (χ1n) is 6.94. The zero-order valence-corrected chi connectivity index (χ0v) is 12.6. The highest BCUT2D eigenvalue weighted by atomic mass is 19.1. The molecule has 1 aromatic rings. The zero-order chi connectivity index (χ0) is 15.8. The summed E-state index contributed by atoms with van der Waals surface area (Å²) in [7, 11) is 1.76. The van der Waals surface area contributed by atoms with Gasteiger partial charge in [-0.1, -0.05) is 19.1 Å². The van der Waals surface area contributed by atoms with Crippen LogP contribution in [-0.4, -0.2) is 36.5 Å². The van der Waals surface area contributed by atoms with Gasteiger partial charge in [0.25, 0.3) is 0 Å². The number of amides is 3. The summed E-state index contributed by atoms with van der Waals surface area (Å²) >= 11 is 0. The quantitative estimate of drug-likeness (QED) is 0.842. The van der Waals surface area contributed by atoms with E-state index in [0.29, 0.717) is 6.54 Å². The van der Waals surface area contributed by atoms with Crippen LogP contribution in [0.15, 0.2) is 24.3 Å². The molecule has 0 aromatic heterocycles. The highest BCUT2D eigenvalue weighted by Gasteiger charge is 2.12. The Labute approximate surface area is 124 Å². The first kappa shape index (κ1) is 17.1. The van der Waals surface area contributed by atoms with Crippen molar-refractivity contribution in [3.05, 3.63) is 35.6 Å². The molecule has 0 fully saturated rings. The van der Waals surface area contributed by atoms with E-state index in [1.807, 2.05) is 13.8 Å². The van der Waals surface area contributed by atoms with Crippen molar-refractivity contribution in [1.82, 2.24) is 15.5 Å². The molecule has 3 amide bonds. The van der Waals surface area contributed by atoms with Gasteiger partial charge in [0.2, 0.25) is 5.91 Å². The molecule has 0 heterocycles. The molecule has 5 nitrogen and oxygen atoms in total. The Morgan fingerprint density at radius 1 is 1.29 bits per heavy atom. The monoisotopic (exact) mass is 295 g/mol.